The number of rotatable bonds is 8. The van der Waals surface area contributed by atoms with Crippen LogP contribution in [0.4, 0.5) is 4.39 Å². The summed E-state index contributed by atoms with van der Waals surface area (Å²) in [5.41, 5.74) is 4.70. The number of aliphatic hydroxyl groups is 1. The van der Waals surface area contributed by atoms with Crippen LogP contribution < -0.4 is 10.6 Å². The third kappa shape index (κ3) is 4.17. The first-order valence-electron chi connectivity index (χ1n) is 13.0. The number of aryl methyl sites for hydroxylation is 1. The van der Waals surface area contributed by atoms with Crippen molar-refractivity contribution in [1.82, 2.24) is 10.6 Å². The molecule has 7 heteroatoms. The normalized spacial score (nSPS) is 19.5. The molecule has 3 aliphatic carbocycles. The van der Waals surface area contributed by atoms with Gasteiger partial charge in [0.25, 0.3) is 11.8 Å². The Morgan fingerprint density at radius 2 is 1.79 bits per heavy atom. The summed E-state index contributed by atoms with van der Waals surface area (Å²) >= 11 is 0. The van der Waals surface area contributed by atoms with E-state index in [2.05, 4.69) is 10.6 Å². The maximum atomic E-state index is 13.6. The third-order valence-electron chi connectivity index (χ3n) is 7.93. The topological polar surface area (TPSA) is 91.6 Å². The number of fused-ring (bicyclic) bond motifs is 1. The van der Waals surface area contributed by atoms with Crippen LogP contribution in [0.1, 0.15) is 52.0 Å². The lowest BCUT2D eigenvalue weighted by atomic mass is 9.50. The number of halogens is 1. The molecule has 2 amide bonds. The SMILES string of the molecule is CNC(=O)c1c(-c2ccc(F)cc2)oc2cc(CCCO)c(-c3cccc(C(=O)NC45CC(C4)C5)c3)cc12. The minimum Gasteiger partial charge on any atom is -0.455 e. The summed E-state index contributed by atoms with van der Waals surface area (Å²) in [7, 11) is 1.56. The van der Waals surface area contributed by atoms with Crippen molar-refractivity contribution in [2.45, 2.75) is 37.6 Å². The standard InChI is InChI=1S/C31H29FN2O4/c1-33-30(37)27-25-14-24(20-4-2-5-22(12-20)29(36)34-31-15-18(16-31)17-31)21(6-3-11-35)13-26(25)38-28(27)19-7-9-23(32)10-8-19/h2,4-5,7-10,12-14,18,35H,3,6,11,15-17H2,1H3,(H,33,37)(H,34,36). The summed E-state index contributed by atoms with van der Waals surface area (Å²) < 4.78 is 19.8. The van der Waals surface area contributed by atoms with Crippen LogP contribution >= 0.6 is 0 Å². The van der Waals surface area contributed by atoms with Gasteiger partial charge in [-0.25, -0.2) is 4.39 Å². The molecule has 194 valence electrons. The number of aliphatic hydroxyl groups excluding tert-OH is 1. The number of nitrogens with one attached hydrogen (secondary N) is 2. The first kappa shape index (κ1) is 24.4. The van der Waals surface area contributed by atoms with Gasteiger partial charge >= 0.3 is 0 Å². The molecule has 3 saturated carbocycles. The molecule has 0 spiro atoms. The smallest absolute Gasteiger partial charge is 0.255 e. The first-order chi connectivity index (χ1) is 18.4. The number of benzene rings is 3. The largest absolute Gasteiger partial charge is 0.455 e. The van der Waals surface area contributed by atoms with Gasteiger partial charge < -0.3 is 20.2 Å². The highest BCUT2D eigenvalue weighted by atomic mass is 19.1. The molecule has 2 bridgehead atoms. The molecule has 0 radical (unpaired) electrons. The van der Waals surface area contributed by atoms with Crippen molar-refractivity contribution in [1.29, 1.82) is 0 Å². The second-order valence-corrected chi connectivity index (χ2v) is 10.5. The van der Waals surface area contributed by atoms with Crippen molar-refractivity contribution in [3.8, 4) is 22.5 Å². The van der Waals surface area contributed by atoms with E-state index in [0.29, 0.717) is 46.3 Å². The summed E-state index contributed by atoms with van der Waals surface area (Å²) in [6, 6.07) is 17.2. The number of furan rings is 1. The fourth-order valence-corrected chi connectivity index (χ4v) is 5.86. The summed E-state index contributed by atoms with van der Waals surface area (Å²) in [6.45, 7) is 0.0332. The van der Waals surface area contributed by atoms with Crippen LogP contribution in [0.5, 0.6) is 0 Å². The monoisotopic (exact) mass is 512 g/mol. The Morgan fingerprint density at radius 1 is 1.03 bits per heavy atom. The van der Waals surface area contributed by atoms with Gasteiger partial charge in [-0.2, -0.15) is 0 Å². The lowest BCUT2D eigenvalue weighted by Gasteiger charge is -2.61. The van der Waals surface area contributed by atoms with E-state index in [0.717, 1.165) is 41.9 Å². The van der Waals surface area contributed by atoms with E-state index in [-0.39, 0.29) is 29.8 Å². The molecule has 0 atom stereocenters. The predicted octanol–water partition coefficient (Wildman–Crippen LogP) is 5.47. The Morgan fingerprint density at radius 3 is 2.45 bits per heavy atom. The van der Waals surface area contributed by atoms with Crippen LogP contribution in [-0.2, 0) is 6.42 Å². The Balaban J connectivity index is 1.46. The van der Waals surface area contributed by atoms with Gasteiger partial charge in [0, 0.05) is 35.7 Å². The van der Waals surface area contributed by atoms with E-state index in [4.69, 9.17) is 4.42 Å². The molecule has 0 saturated heterocycles. The Bertz CT molecular complexity index is 1540. The molecule has 6 nitrogen and oxygen atoms in total. The van der Waals surface area contributed by atoms with E-state index in [9.17, 15) is 19.1 Å². The quantitative estimate of drug-likeness (QED) is 0.292. The van der Waals surface area contributed by atoms with E-state index in [1.807, 2.05) is 36.4 Å². The van der Waals surface area contributed by atoms with E-state index < -0.39 is 0 Å². The van der Waals surface area contributed by atoms with E-state index in [1.165, 1.54) is 12.1 Å². The van der Waals surface area contributed by atoms with Gasteiger partial charge in [0.05, 0.1) is 5.56 Å². The van der Waals surface area contributed by atoms with Gasteiger partial charge in [-0.3, -0.25) is 9.59 Å². The number of hydrogen-bond acceptors (Lipinski definition) is 4. The average molecular weight is 513 g/mol. The average Bonchev–Trinajstić information content (AvgIpc) is 3.26. The highest BCUT2D eigenvalue weighted by Crippen LogP contribution is 2.57. The van der Waals surface area contributed by atoms with E-state index in [1.54, 1.807) is 19.2 Å². The molecule has 3 fully saturated rings. The Labute approximate surface area is 219 Å². The van der Waals surface area contributed by atoms with Crippen LogP contribution in [0.15, 0.2) is 65.1 Å². The van der Waals surface area contributed by atoms with Crippen molar-refractivity contribution < 1.29 is 23.5 Å². The van der Waals surface area contributed by atoms with Crippen LogP contribution in [0.3, 0.4) is 0 Å². The van der Waals surface area contributed by atoms with Gasteiger partial charge in [-0.1, -0.05) is 12.1 Å². The first-order valence-corrected chi connectivity index (χ1v) is 13.0. The third-order valence-corrected chi connectivity index (χ3v) is 7.93. The molecular formula is C31H29FN2O4. The Hall–Kier alpha value is -3.97. The van der Waals surface area contributed by atoms with Crippen LogP contribution in [0, 0.1) is 11.7 Å². The van der Waals surface area contributed by atoms with Gasteiger partial charge in [-0.15, -0.1) is 0 Å². The molecular weight excluding hydrogens is 483 g/mol. The minimum atomic E-state index is -0.377. The van der Waals surface area contributed by atoms with Crippen molar-refractivity contribution in [2.75, 3.05) is 13.7 Å². The number of amides is 2. The maximum absolute atomic E-state index is 13.6. The van der Waals surface area contributed by atoms with Crippen molar-refractivity contribution in [3.05, 3.63) is 83.2 Å². The van der Waals surface area contributed by atoms with Crippen LogP contribution in [0.2, 0.25) is 0 Å². The molecule has 0 unspecified atom stereocenters. The lowest BCUT2D eigenvalue weighted by molar-refractivity contribution is -0.0438. The lowest BCUT2D eigenvalue weighted by Crippen LogP contribution is -2.68. The predicted molar refractivity (Wildman–Crippen MR) is 143 cm³/mol. The molecule has 0 aliphatic heterocycles. The van der Waals surface area contributed by atoms with Gasteiger partial charge in [0.2, 0.25) is 0 Å². The highest BCUT2D eigenvalue weighted by Gasteiger charge is 2.57. The molecule has 1 heterocycles. The zero-order valence-electron chi connectivity index (χ0n) is 21.1. The molecule has 3 aliphatic rings. The molecule has 7 rings (SSSR count). The number of carbonyl (C=O) groups excluding carboxylic acids is 2. The minimum absolute atomic E-state index is 0.0150. The fraction of sp³-hybridized carbons (Fsp3) is 0.290. The molecule has 1 aromatic heterocycles. The number of hydrogen-bond donors (Lipinski definition) is 3. The highest BCUT2D eigenvalue weighted by molar-refractivity contribution is 6.12. The number of carbonyl (C=O) groups is 2. The summed E-state index contributed by atoms with van der Waals surface area (Å²) in [6.07, 6.45) is 4.35. The van der Waals surface area contributed by atoms with Gasteiger partial charge in [0.1, 0.15) is 17.2 Å². The molecule has 38 heavy (non-hydrogen) atoms. The fourth-order valence-electron chi connectivity index (χ4n) is 5.86. The van der Waals surface area contributed by atoms with Crippen LogP contribution in [-0.4, -0.2) is 36.1 Å². The summed E-state index contributed by atoms with van der Waals surface area (Å²) in [5, 5.41) is 16.1. The molecule has 4 aromatic rings. The Kier molecular flexibility index (Phi) is 6.03. The molecule has 3 N–H and O–H groups in total. The second kappa shape index (κ2) is 9.40. The summed E-state index contributed by atoms with van der Waals surface area (Å²) in [5.74, 6) is 0.362. The van der Waals surface area contributed by atoms with Gasteiger partial charge in [0.15, 0.2) is 0 Å². The van der Waals surface area contributed by atoms with Crippen molar-refractivity contribution >= 4 is 22.8 Å². The van der Waals surface area contributed by atoms with Crippen molar-refractivity contribution in [3.63, 3.8) is 0 Å². The van der Waals surface area contributed by atoms with Crippen LogP contribution in [0.25, 0.3) is 33.4 Å². The zero-order valence-corrected chi connectivity index (χ0v) is 21.1. The zero-order chi connectivity index (χ0) is 26.4. The summed E-state index contributed by atoms with van der Waals surface area (Å²) in [4.78, 5) is 26.1. The van der Waals surface area contributed by atoms with Crippen molar-refractivity contribution in [2.24, 2.45) is 5.92 Å². The molecule has 3 aromatic carbocycles. The van der Waals surface area contributed by atoms with Gasteiger partial charge in [-0.05, 0) is 103 Å². The maximum Gasteiger partial charge on any atom is 0.255 e. The van der Waals surface area contributed by atoms with E-state index >= 15 is 0 Å². The second-order valence-electron chi connectivity index (χ2n) is 10.5.